The molecule has 414 valence electrons. The van der Waals surface area contributed by atoms with E-state index in [1.165, 1.54) is 40.0 Å². The summed E-state index contributed by atoms with van der Waals surface area (Å²) in [6.45, 7) is 16.2. The number of carbonyl (C=O) groups is 10. The first-order chi connectivity index (χ1) is 35.2. The lowest BCUT2D eigenvalue weighted by Crippen LogP contribution is -2.54. The molecule has 1 saturated heterocycles. The average Bonchev–Trinajstić information content (AvgIpc) is 3.86. The number of benzene rings is 1. The van der Waals surface area contributed by atoms with Gasteiger partial charge in [-0.25, -0.2) is 0 Å². The van der Waals surface area contributed by atoms with Gasteiger partial charge in [0.15, 0.2) is 11.6 Å². The molecule has 2 rings (SSSR count). The minimum Gasteiger partial charge on any atom is -0.481 e. The average molecular weight is 1050 g/mol. The number of aliphatic carboxylic acids is 1. The summed E-state index contributed by atoms with van der Waals surface area (Å²) in [5.41, 5.74) is 0.807. The largest absolute Gasteiger partial charge is 0.481 e. The second-order valence-electron chi connectivity index (χ2n) is 20.9. The fraction of sp³-hybridized carbons (Fsp3) is 0.649. The molecule has 1 heterocycles. The van der Waals surface area contributed by atoms with Crippen LogP contribution in [0.1, 0.15) is 119 Å². The maximum atomic E-state index is 14.8. The molecule has 2 unspecified atom stereocenters. The first-order valence-electron chi connectivity index (χ1n) is 26.0. The Bertz CT molecular complexity index is 2220. The number of amides is 5. The van der Waals surface area contributed by atoms with Gasteiger partial charge in [-0.2, -0.15) is 0 Å². The lowest BCUT2D eigenvalue weighted by Gasteiger charge is -2.41. The van der Waals surface area contributed by atoms with Crippen LogP contribution >= 0.6 is 0 Å². The SMILES string of the molecule is C#CC(=O)CC(NC(=O)C#C)C(=O)N[C@@H](C)C(=O)C[C@@H](C)C(=O)N(C)[C@H](C(=O)C[C@H](C(=O)N(C)[C@@H]([C@@H](C)CC)[C@@H](CC(=O)N1CCC[C@H]1C(OC)[C@@H](C)C(=O)C[C@@H](Cc1ccccc1)C(=O)O)OC)C(C)C)C(C)C. The van der Waals surface area contributed by atoms with E-state index in [1.54, 1.807) is 43.5 Å². The standard InChI is InChI=1S/C57H83N5O13/c1-16-35(8)52(48(74-14)32-50(68)62-26-22-25-44(62)53(75-15)37(10)45(64)29-40(57(72)73)28-39-23-20-19-21-24-39)61(13)56(71)42(33(4)5)31-47(66)51(34(6)7)60(12)55(70)36(9)27-46(65)38(11)58-54(69)43(30-41(63)17-2)59-49(67)18-3/h2-3,19-21,23-24,33-38,40,42-44,48,51-53H,16,22,25-32H2,1,4-15H3,(H,58,69)(H,59,67)(H,72,73)/t35-,36+,37-,38-,40+,42-,43?,44-,48+,51-,52-,53?/m0/s1. The molecule has 75 heavy (non-hydrogen) atoms. The molecule has 0 bridgehead atoms. The van der Waals surface area contributed by atoms with Gasteiger partial charge >= 0.3 is 5.97 Å². The molecular weight excluding hydrogens is 963 g/mol. The van der Waals surface area contributed by atoms with E-state index in [0.717, 1.165) is 5.56 Å². The zero-order valence-corrected chi connectivity index (χ0v) is 46.4. The summed E-state index contributed by atoms with van der Waals surface area (Å²) in [5, 5.41) is 14.7. The van der Waals surface area contributed by atoms with Crippen LogP contribution in [0.5, 0.6) is 0 Å². The summed E-state index contributed by atoms with van der Waals surface area (Å²) in [6.07, 6.45) is 9.37. The Labute approximate surface area is 444 Å². The van der Waals surface area contributed by atoms with Crippen LogP contribution in [0.15, 0.2) is 30.3 Å². The fourth-order valence-corrected chi connectivity index (χ4v) is 10.3. The van der Waals surface area contributed by atoms with Crippen molar-refractivity contribution in [2.24, 2.45) is 41.4 Å². The zero-order chi connectivity index (χ0) is 57.0. The normalized spacial score (nSPS) is 17.8. The van der Waals surface area contributed by atoms with Crippen molar-refractivity contribution in [3.8, 4) is 24.7 Å². The number of nitrogens with one attached hydrogen (secondary N) is 2. The molecule has 0 radical (unpaired) electrons. The van der Waals surface area contributed by atoms with Gasteiger partial charge < -0.3 is 39.9 Å². The number of carbonyl (C=O) groups excluding carboxylic acids is 9. The monoisotopic (exact) mass is 1050 g/mol. The van der Waals surface area contributed by atoms with Crippen molar-refractivity contribution >= 4 is 58.6 Å². The highest BCUT2D eigenvalue weighted by molar-refractivity contribution is 6.03. The molecule has 1 fully saturated rings. The number of terminal acetylenes is 2. The third-order valence-corrected chi connectivity index (χ3v) is 14.8. The van der Waals surface area contributed by atoms with E-state index in [1.807, 2.05) is 63.9 Å². The Morgan fingerprint density at radius 2 is 1.39 bits per heavy atom. The highest BCUT2D eigenvalue weighted by Crippen LogP contribution is 2.32. The highest BCUT2D eigenvalue weighted by atomic mass is 16.5. The summed E-state index contributed by atoms with van der Waals surface area (Å²) in [5.74, 6) is -6.69. The van der Waals surface area contributed by atoms with E-state index < -0.39 is 114 Å². The molecule has 5 amide bonds. The van der Waals surface area contributed by atoms with Crippen LogP contribution in [-0.2, 0) is 63.8 Å². The van der Waals surface area contributed by atoms with Gasteiger partial charge in [0, 0.05) is 78.3 Å². The van der Waals surface area contributed by atoms with Crippen molar-refractivity contribution < 1.29 is 62.5 Å². The molecule has 3 N–H and O–H groups in total. The summed E-state index contributed by atoms with van der Waals surface area (Å²) < 4.78 is 12.0. The molecule has 18 nitrogen and oxygen atoms in total. The van der Waals surface area contributed by atoms with Gasteiger partial charge in [0.05, 0.1) is 48.7 Å². The number of hydrogen-bond acceptors (Lipinski definition) is 12. The van der Waals surface area contributed by atoms with E-state index in [-0.39, 0.29) is 67.3 Å². The van der Waals surface area contributed by atoms with Gasteiger partial charge in [-0.05, 0) is 61.3 Å². The lowest BCUT2D eigenvalue weighted by atomic mass is 9.83. The van der Waals surface area contributed by atoms with Crippen molar-refractivity contribution in [1.82, 2.24) is 25.3 Å². The summed E-state index contributed by atoms with van der Waals surface area (Å²) in [7, 11) is 6.08. The maximum absolute atomic E-state index is 14.8. The number of likely N-dealkylation sites (N-methyl/N-ethyl adjacent to an activating group) is 2. The van der Waals surface area contributed by atoms with E-state index in [9.17, 15) is 53.1 Å². The number of hydrogen-bond donors (Lipinski definition) is 3. The van der Waals surface area contributed by atoms with Gasteiger partial charge in [0.1, 0.15) is 11.8 Å². The highest BCUT2D eigenvalue weighted by Gasteiger charge is 2.44. The van der Waals surface area contributed by atoms with Gasteiger partial charge in [-0.3, -0.25) is 47.9 Å². The van der Waals surface area contributed by atoms with Crippen molar-refractivity contribution in [3.63, 3.8) is 0 Å². The van der Waals surface area contributed by atoms with Crippen molar-refractivity contribution in [1.29, 1.82) is 0 Å². The predicted molar refractivity (Wildman–Crippen MR) is 282 cm³/mol. The first-order valence-corrected chi connectivity index (χ1v) is 26.0. The van der Waals surface area contributed by atoms with Crippen LogP contribution in [0, 0.1) is 66.1 Å². The number of carboxylic acids is 1. The second-order valence-corrected chi connectivity index (χ2v) is 20.9. The van der Waals surface area contributed by atoms with Crippen molar-refractivity contribution in [2.75, 3.05) is 34.9 Å². The van der Waals surface area contributed by atoms with Crippen molar-refractivity contribution in [3.05, 3.63) is 35.9 Å². The minimum atomic E-state index is -1.44. The van der Waals surface area contributed by atoms with Gasteiger partial charge in [0.25, 0.3) is 5.91 Å². The van der Waals surface area contributed by atoms with E-state index >= 15 is 0 Å². The molecule has 0 saturated carbocycles. The van der Waals surface area contributed by atoms with Gasteiger partial charge in [-0.1, -0.05) is 92.1 Å². The van der Waals surface area contributed by atoms with E-state index in [0.29, 0.717) is 25.8 Å². The molecule has 0 aromatic heterocycles. The number of nitrogens with zero attached hydrogens (tertiary/aromatic N) is 3. The Hall–Kier alpha value is -6.24. The lowest BCUT2D eigenvalue weighted by molar-refractivity contribution is -0.150. The van der Waals surface area contributed by atoms with Crippen LogP contribution in [0.25, 0.3) is 0 Å². The Kier molecular flexibility index (Phi) is 26.8. The molecule has 0 spiro atoms. The van der Waals surface area contributed by atoms with Crippen LogP contribution in [0.3, 0.4) is 0 Å². The quantitative estimate of drug-likeness (QED) is 0.0673. The predicted octanol–water partition coefficient (Wildman–Crippen LogP) is 4.33. The van der Waals surface area contributed by atoms with Crippen LogP contribution < -0.4 is 10.6 Å². The van der Waals surface area contributed by atoms with E-state index in [4.69, 9.17) is 22.3 Å². The molecule has 1 aromatic rings. The number of ether oxygens (including phenoxy) is 2. The molecule has 18 heteroatoms. The second kappa shape index (κ2) is 31.0. The number of Topliss-reactive ketones (excluding diaryl/α,β-unsaturated/α-hetero) is 4. The third kappa shape index (κ3) is 18.5. The first kappa shape index (κ1) is 64.9. The molecule has 0 aliphatic carbocycles. The Morgan fingerprint density at radius 1 is 0.760 bits per heavy atom. The van der Waals surface area contributed by atoms with E-state index in [2.05, 4.69) is 10.6 Å². The van der Waals surface area contributed by atoms with Gasteiger partial charge in [-0.15, -0.1) is 12.8 Å². The molecule has 1 aliphatic heterocycles. The minimum absolute atomic E-state index is 0.102. The Balaban J connectivity index is 2.27. The van der Waals surface area contributed by atoms with Crippen LogP contribution in [-0.4, -0.2) is 156 Å². The smallest absolute Gasteiger partial charge is 0.307 e. The maximum Gasteiger partial charge on any atom is 0.307 e. The molecule has 1 aromatic carbocycles. The third-order valence-electron chi connectivity index (χ3n) is 14.8. The number of rotatable bonds is 32. The molecular formula is C57H83N5O13. The molecule has 1 aliphatic rings. The number of carboxylic acid groups (broad SMARTS) is 1. The summed E-state index contributed by atoms with van der Waals surface area (Å²) in [4.78, 5) is 138. The Morgan fingerprint density at radius 3 is 1.91 bits per heavy atom. The number of likely N-dealkylation sites (tertiary alicyclic amines) is 1. The number of ketones is 4. The molecule has 12 atom stereocenters. The summed E-state index contributed by atoms with van der Waals surface area (Å²) >= 11 is 0. The zero-order valence-electron chi connectivity index (χ0n) is 46.4. The van der Waals surface area contributed by atoms with Crippen LogP contribution in [0.4, 0.5) is 0 Å². The van der Waals surface area contributed by atoms with Crippen LogP contribution in [0.2, 0.25) is 0 Å². The summed E-state index contributed by atoms with van der Waals surface area (Å²) in [6, 6.07) is 4.46. The number of methoxy groups -OCH3 is 2. The topological polar surface area (TPSA) is 243 Å². The van der Waals surface area contributed by atoms with Crippen molar-refractivity contribution in [2.45, 2.75) is 163 Å². The fourth-order valence-electron chi connectivity index (χ4n) is 10.3. The van der Waals surface area contributed by atoms with Gasteiger partial charge in [0.2, 0.25) is 29.4 Å².